The number of carbonyl (C=O) groups is 1. The van der Waals surface area contributed by atoms with Crippen molar-refractivity contribution in [2.45, 2.75) is 30.3 Å². The highest BCUT2D eigenvalue weighted by Gasteiger charge is 2.35. The number of carboxylic acids is 1. The number of likely N-dealkylation sites (tertiary alicyclic amines) is 1. The third kappa shape index (κ3) is 5.64. The zero-order valence-corrected chi connectivity index (χ0v) is 19.7. The van der Waals surface area contributed by atoms with Gasteiger partial charge in [0.05, 0.1) is 18.6 Å². The summed E-state index contributed by atoms with van der Waals surface area (Å²) in [7, 11) is -2.40. The van der Waals surface area contributed by atoms with E-state index in [4.69, 9.17) is 4.74 Å². The van der Waals surface area contributed by atoms with Crippen LogP contribution in [0.3, 0.4) is 0 Å². The van der Waals surface area contributed by atoms with Crippen molar-refractivity contribution in [3.8, 4) is 16.9 Å². The molecular weight excluding hydrogens is 456 g/mol. The summed E-state index contributed by atoms with van der Waals surface area (Å²) in [6.07, 6.45) is 4.62. The first-order chi connectivity index (χ1) is 16.4. The number of imidazole rings is 1. The SMILES string of the molecule is COc1ccc(-c2ccc(S(=O)(=O)NC(C(=O)O)C3CCN(Cc4ncc[nH]4)CC3)cc2)cc1. The Morgan fingerprint density at radius 3 is 2.29 bits per heavy atom. The first-order valence-electron chi connectivity index (χ1n) is 11.1. The second-order valence-electron chi connectivity index (χ2n) is 8.34. The Hall–Kier alpha value is -3.21. The molecule has 0 bridgehead atoms. The first kappa shape index (κ1) is 23.9. The van der Waals surface area contributed by atoms with Crippen LogP contribution in [-0.4, -0.2) is 60.6 Å². The molecule has 0 radical (unpaired) electrons. The zero-order valence-electron chi connectivity index (χ0n) is 18.8. The maximum Gasteiger partial charge on any atom is 0.322 e. The van der Waals surface area contributed by atoms with Gasteiger partial charge < -0.3 is 14.8 Å². The van der Waals surface area contributed by atoms with Gasteiger partial charge in [-0.25, -0.2) is 13.4 Å². The topological polar surface area (TPSA) is 125 Å². The molecule has 1 saturated heterocycles. The highest BCUT2D eigenvalue weighted by Crippen LogP contribution is 2.26. The van der Waals surface area contributed by atoms with E-state index in [0.29, 0.717) is 32.5 Å². The molecule has 1 atom stereocenters. The van der Waals surface area contributed by atoms with Gasteiger partial charge in [0.25, 0.3) is 0 Å². The van der Waals surface area contributed by atoms with Gasteiger partial charge in [-0.2, -0.15) is 4.72 Å². The fraction of sp³-hybridized carbons (Fsp3) is 0.333. The summed E-state index contributed by atoms with van der Waals surface area (Å²) < 4.78 is 33.6. The second kappa shape index (κ2) is 10.4. The quantitative estimate of drug-likeness (QED) is 0.426. The lowest BCUT2D eigenvalue weighted by Gasteiger charge is -2.34. The largest absolute Gasteiger partial charge is 0.497 e. The molecule has 1 fully saturated rings. The smallest absolute Gasteiger partial charge is 0.322 e. The van der Waals surface area contributed by atoms with E-state index in [1.807, 2.05) is 24.3 Å². The van der Waals surface area contributed by atoms with E-state index < -0.39 is 22.0 Å². The van der Waals surface area contributed by atoms with Crippen molar-refractivity contribution in [2.75, 3.05) is 20.2 Å². The second-order valence-corrected chi connectivity index (χ2v) is 10.1. The van der Waals surface area contributed by atoms with E-state index in [1.165, 1.54) is 12.1 Å². The van der Waals surface area contributed by atoms with Crippen molar-refractivity contribution in [2.24, 2.45) is 5.92 Å². The number of H-pyrrole nitrogens is 1. The van der Waals surface area contributed by atoms with Gasteiger partial charge in [0.15, 0.2) is 0 Å². The number of methoxy groups -OCH3 is 1. The first-order valence-corrected chi connectivity index (χ1v) is 12.5. The van der Waals surface area contributed by atoms with Gasteiger partial charge in [-0.3, -0.25) is 9.69 Å². The Morgan fingerprint density at radius 1 is 1.15 bits per heavy atom. The summed E-state index contributed by atoms with van der Waals surface area (Å²) in [6, 6.07) is 12.7. The van der Waals surface area contributed by atoms with Crippen molar-refractivity contribution in [1.29, 1.82) is 0 Å². The summed E-state index contributed by atoms with van der Waals surface area (Å²) in [5.41, 5.74) is 1.77. The maximum atomic E-state index is 13.0. The average Bonchev–Trinajstić information content (AvgIpc) is 3.36. The van der Waals surface area contributed by atoms with E-state index in [1.54, 1.807) is 31.6 Å². The van der Waals surface area contributed by atoms with Crippen molar-refractivity contribution < 1.29 is 23.1 Å². The number of ether oxygens (including phenoxy) is 1. The molecule has 0 saturated carbocycles. The standard InChI is InChI=1S/C24H28N4O5S/c1-33-20-6-2-17(3-7-20)18-4-8-21(9-5-18)34(31,32)27-23(24(29)30)19-10-14-28(15-11-19)16-22-25-12-13-26-22/h2-9,12-13,19,23,27H,10-11,14-16H2,1H3,(H,25,26)(H,29,30). The summed E-state index contributed by atoms with van der Waals surface area (Å²) in [4.78, 5) is 21.5. The number of aromatic nitrogens is 2. The molecule has 1 unspecified atom stereocenters. The van der Waals surface area contributed by atoms with Crippen LogP contribution in [-0.2, 0) is 21.4 Å². The molecular formula is C24H28N4O5S. The monoisotopic (exact) mass is 484 g/mol. The molecule has 3 N–H and O–H groups in total. The van der Waals surface area contributed by atoms with Crippen LogP contribution in [0.5, 0.6) is 5.75 Å². The number of rotatable bonds is 9. The number of hydrogen-bond acceptors (Lipinski definition) is 6. The number of aromatic amines is 1. The fourth-order valence-electron chi connectivity index (χ4n) is 4.23. The third-order valence-corrected chi connectivity index (χ3v) is 7.63. The number of aliphatic carboxylic acids is 1. The van der Waals surface area contributed by atoms with E-state index in [9.17, 15) is 18.3 Å². The molecule has 2 aromatic carbocycles. The lowest BCUT2D eigenvalue weighted by Crippen LogP contribution is -2.49. The van der Waals surface area contributed by atoms with Crippen molar-refractivity contribution in [3.63, 3.8) is 0 Å². The molecule has 3 aromatic rings. The van der Waals surface area contributed by atoms with Crippen LogP contribution in [0.1, 0.15) is 18.7 Å². The Kier molecular flexibility index (Phi) is 7.30. The van der Waals surface area contributed by atoms with Gasteiger partial charge in [0, 0.05) is 12.4 Å². The minimum atomic E-state index is -4.00. The lowest BCUT2D eigenvalue weighted by atomic mass is 9.90. The predicted octanol–water partition coefficient (Wildman–Crippen LogP) is 2.73. The minimum Gasteiger partial charge on any atom is -0.497 e. The number of carboxylic acid groups (broad SMARTS) is 1. The Labute approximate surface area is 198 Å². The van der Waals surface area contributed by atoms with Crippen molar-refractivity contribution in [1.82, 2.24) is 19.6 Å². The number of hydrogen-bond donors (Lipinski definition) is 3. The van der Waals surface area contributed by atoms with Gasteiger partial charge >= 0.3 is 5.97 Å². The van der Waals surface area contributed by atoms with Crippen LogP contribution < -0.4 is 9.46 Å². The number of nitrogens with zero attached hydrogens (tertiary/aromatic N) is 2. The van der Waals surface area contributed by atoms with Gasteiger partial charge in [0.2, 0.25) is 10.0 Å². The Bertz CT molecular complexity index is 1190. The van der Waals surface area contributed by atoms with Crippen LogP contribution in [0, 0.1) is 5.92 Å². The number of nitrogens with one attached hydrogen (secondary N) is 2. The van der Waals surface area contributed by atoms with Gasteiger partial charge in [-0.05, 0) is 67.2 Å². The number of benzene rings is 2. The van der Waals surface area contributed by atoms with Gasteiger partial charge in [-0.15, -0.1) is 0 Å². The highest BCUT2D eigenvalue weighted by molar-refractivity contribution is 7.89. The van der Waals surface area contributed by atoms with Crippen LogP contribution in [0.15, 0.2) is 65.8 Å². The van der Waals surface area contributed by atoms with Crippen LogP contribution in [0.4, 0.5) is 0 Å². The van der Waals surface area contributed by atoms with E-state index in [2.05, 4.69) is 19.6 Å². The number of piperidine rings is 1. The molecule has 1 aliphatic heterocycles. The molecule has 0 amide bonds. The molecule has 9 nitrogen and oxygen atoms in total. The van der Waals surface area contributed by atoms with Crippen LogP contribution in [0.25, 0.3) is 11.1 Å². The fourth-order valence-corrected chi connectivity index (χ4v) is 5.49. The summed E-state index contributed by atoms with van der Waals surface area (Å²) in [5, 5.41) is 9.78. The highest BCUT2D eigenvalue weighted by atomic mass is 32.2. The van der Waals surface area contributed by atoms with Crippen molar-refractivity contribution in [3.05, 3.63) is 66.7 Å². The van der Waals surface area contributed by atoms with E-state index in [0.717, 1.165) is 22.7 Å². The predicted molar refractivity (Wildman–Crippen MR) is 127 cm³/mol. The van der Waals surface area contributed by atoms with Crippen LogP contribution in [0.2, 0.25) is 0 Å². The minimum absolute atomic E-state index is 0.0336. The lowest BCUT2D eigenvalue weighted by molar-refractivity contribution is -0.140. The third-order valence-electron chi connectivity index (χ3n) is 6.17. The van der Waals surface area contributed by atoms with Crippen molar-refractivity contribution >= 4 is 16.0 Å². The molecule has 34 heavy (non-hydrogen) atoms. The molecule has 180 valence electrons. The Morgan fingerprint density at radius 2 is 1.76 bits per heavy atom. The normalized spacial score (nSPS) is 16.3. The Balaban J connectivity index is 1.41. The molecule has 1 aromatic heterocycles. The summed E-state index contributed by atoms with van der Waals surface area (Å²) in [6.45, 7) is 2.00. The maximum absolute atomic E-state index is 13.0. The molecule has 2 heterocycles. The van der Waals surface area contributed by atoms with E-state index in [-0.39, 0.29) is 10.8 Å². The summed E-state index contributed by atoms with van der Waals surface area (Å²) >= 11 is 0. The zero-order chi connectivity index (χ0) is 24.1. The molecule has 1 aliphatic rings. The summed E-state index contributed by atoms with van der Waals surface area (Å²) in [5.74, 6) is 0.132. The number of sulfonamides is 1. The van der Waals surface area contributed by atoms with Gasteiger partial charge in [-0.1, -0.05) is 24.3 Å². The van der Waals surface area contributed by atoms with Gasteiger partial charge in [0.1, 0.15) is 17.6 Å². The van der Waals surface area contributed by atoms with E-state index >= 15 is 0 Å². The molecule has 0 spiro atoms. The average molecular weight is 485 g/mol. The van der Waals surface area contributed by atoms with Crippen LogP contribution >= 0.6 is 0 Å². The molecule has 10 heteroatoms. The molecule has 0 aliphatic carbocycles. The molecule has 4 rings (SSSR count).